The van der Waals surface area contributed by atoms with E-state index in [0.717, 1.165) is 43.4 Å². The van der Waals surface area contributed by atoms with Gasteiger partial charge in [0.25, 0.3) is 0 Å². The summed E-state index contributed by atoms with van der Waals surface area (Å²) >= 11 is 0. The molecule has 0 amide bonds. The number of ether oxygens (including phenoxy) is 2. The van der Waals surface area contributed by atoms with Crippen LogP contribution in [0.4, 0.5) is 5.69 Å². The summed E-state index contributed by atoms with van der Waals surface area (Å²) in [7, 11) is 0. The molecule has 0 unspecified atom stereocenters. The molecule has 3 nitrogen and oxygen atoms in total. The molecule has 0 aliphatic carbocycles. The molecule has 0 saturated carbocycles. The van der Waals surface area contributed by atoms with Crippen LogP contribution >= 0.6 is 0 Å². The second-order valence-electron chi connectivity index (χ2n) is 7.10. The molecule has 0 aliphatic rings. The van der Waals surface area contributed by atoms with Gasteiger partial charge < -0.3 is 14.8 Å². The van der Waals surface area contributed by atoms with E-state index in [1.807, 2.05) is 18.2 Å². The Morgan fingerprint density at radius 2 is 1.65 bits per heavy atom. The number of nitrogens with one attached hydrogen (secondary N) is 1. The van der Waals surface area contributed by atoms with Gasteiger partial charge in [0, 0.05) is 17.8 Å². The largest absolute Gasteiger partial charge is 0.493 e. The average molecular weight is 356 g/mol. The van der Waals surface area contributed by atoms with Gasteiger partial charge >= 0.3 is 0 Å². The van der Waals surface area contributed by atoms with Gasteiger partial charge in [-0.25, -0.2) is 0 Å². The predicted molar refractivity (Wildman–Crippen MR) is 110 cm³/mol. The second kappa shape index (κ2) is 11.5. The third-order valence-corrected chi connectivity index (χ3v) is 4.15. The number of rotatable bonds is 12. The summed E-state index contributed by atoms with van der Waals surface area (Å²) in [4.78, 5) is 0. The number of anilines is 1. The number of para-hydroxylation sites is 1. The van der Waals surface area contributed by atoms with Gasteiger partial charge in [-0.1, -0.05) is 58.2 Å². The molecule has 0 bridgehead atoms. The van der Waals surface area contributed by atoms with Crippen molar-refractivity contribution in [3.63, 3.8) is 0 Å². The monoisotopic (exact) mass is 355 g/mol. The van der Waals surface area contributed by atoms with Crippen molar-refractivity contribution in [2.24, 2.45) is 5.92 Å². The van der Waals surface area contributed by atoms with E-state index in [2.05, 4.69) is 56.4 Å². The first-order valence-electron chi connectivity index (χ1n) is 9.86. The van der Waals surface area contributed by atoms with Crippen LogP contribution in [0.2, 0.25) is 0 Å². The van der Waals surface area contributed by atoms with Crippen molar-refractivity contribution in [3.05, 3.63) is 54.1 Å². The molecule has 3 heteroatoms. The van der Waals surface area contributed by atoms with Gasteiger partial charge in [-0.2, -0.15) is 0 Å². The molecule has 0 radical (unpaired) electrons. The molecule has 2 aromatic rings. The highest BCUT2D eigenvalue weighted by Gasteiger charge is 2.04. The van der Waals surface area contributed by atoms with Crippen LogP contribution in [0.25, 0.3) is 0 Å². The molecule has 0 aliphatic heterocycles. The van der Waals surface area contributed by atoms with Crippen molar-refractivity contribution >= 4 is 5.69 Å². The summed E-state index contributed by atoms with van der Waals surface area (Å²) in [6, 6.07) is 16.4. The zero-order valence-electron chi connectivity index (χ0n) is 16.5. The van der Waals surface area contributed by atoms with Crippen LogP contribution in [0.1, 0.15) is 52.0 Å². The summed E-state index contributed by atoms with van der Waals surface area (Å²) in [5.41, 5.74) is 2.27. The summed E-state index contributed by atoms with van der Waals surface area (Å²) in [6.07, 6.45) is 4.89. The number of unbranched alkanes of at least 4 members (excludes halogenated alkanes) is 3. The van der Waals surface area contributed by atoms with Crippen LogP contribution in [0.15, 0.2) is 48.5 Å². The summed E-state index contributed by atoms with van der Waals surface area (Å²) in [5.74, 6) is 2.43. The lowest BCUT2D eigenvalue weighted by atomic mass is 10.2. The van der Waals surface area contributed by atoms with E-state index in [-0.39, 0.29) is 0 Å². The molecule has 0 fully saturated rings. The molecular weight excluding hydrogens is 322 g/mol. The minimum atomic E-state index is 0.534. The fraction of sp³-hybridized carbons (Fsp3) is 0.478. The minimum Gasteiger partial charge on any atom is -0.493 e. The van der Waals surface area contributed by atoms with Crippen LogP contribution in [0.3, 0.4) is 0 Å². The molecule has 0 saturated heterocycles. The highest BCUT2D eigenvalue weighted by atomic mass is 16.5. The Hall–Kier alpha value is -2.16. The Kier molecular flexibility index (Phi) is 8.88. The molecular formula is C23H33NO2. The Morgan fingerprint density at radius 3 is 2.38 bits per heavy atom. The molecule has 2 aromatic carbocycles. The van der Waals surface area contributed by atoms with Crippen LogP contribution in [-0.4, -0.2) is 13.2 Å². The summed E-state index contributed by atoms with van der Waals surface area (Å²) in [5, 5.41) is 3.47. The maximum atomic E-state index is 5.99. The van der Waals surface area contributed by atoms with Gasteiger partial charge in [-0.3, -0.25) is 0 Å². The van der Waals surface area contributed by atoms with Crippen LogP contribution in [-0.2, 0) is 6.54 Å². The van der Waals surface area contributed by atoms with Gasteiger partial charge in [0.05, 0.1) is 13.2 Å². The van der Waals surface area contributed by atoms with Gasteiger partial charge in [0.2, 0.25) is 0 Å². The van der Waals surface area contributed by atoms with Crippen molar-refractivity contribution in [3.8, 4) is 11.5 Å². The standard InChI is InChI=1S/C23H33NO2/c1-4-5-6-9-16-25-23-11-8-7-10-20(23)17-24-21-12-14-22(15-13-21)26-18-19(2)3/h7-8,10-15,19,24H,4-6,9,16-18H2,1-3H3. The van der Waals surface area contributed by atoms with Gasteiger partial charge in [-0.05, 0) is 42.7 Å². The molecule has 26 heavy (non-hydrogen) atoms. The summed E-state index contributed by atoms with van der Waals surface area (Å²) in [6.45, 7) is 8.81. The van der Waals surface area contributed by atoms with Gasteiger partial charge in [-0.15, -0.1) is 0 Å². The lowest BCUT2D eigenvalue weighted by Gasteiger charge is -2.13. The SMILES string of the molecule is CCCCCCOc1ccccc1CNc1ccc(OCC(C)C)cc1. The molecule has 1 N–H and O–H groups in total. The topological polar surface area (TPSA) is 30.5 Å². The Balaban J connectivity index is 1.83. The molecule has 142 valence electrons. The fourth-order valence-corrected chi connectivity index (χ4v) is 2.63. The molecule has 0 heterocycles. The molecule has 0 atom stereocenters. The number of hydrogen-bond donors (Lipinski definition) is 1. The Bertz CT molecular complexity index is 622. The number of benzene rings is 2. The van der Waals surface area contributed by atoms with E-state index in [1.165, 1.54) is 24.8 Å². The second-order valence-corrected chi connectivity index (χ2v) is 7.10. The quantitative estimate of drug-likeness (QED) is 0.454. The molecule has 0 spiro atoms. The third kappa shape index (κ3) is 7.38. The maximum Gasteiger partial charge on any atom is 0.124 e. The Morgan fingerprint density at radius 1 is 0.885 bits per heavy atom. The number of hydrogen-bond acceptors (Lipinski definition) is 3. The maximum absolute atomic E-state index is 5.99. The first kappa shape index (κ1) is 20.2. The predicted octanol–water partition coefficient (Wildman–Crippen LogP) is 6.29. The highest BCUT2D eigenvalue weighted by Crippen LogP contribution is 2.21. The van der Waals surface area contributed by atoms with E-state index >= 15 is 0 Å². The normalized spacial score (nSPS) is 10.8. The fourth-order valence-electron chi connectivity index (χ4n) is 2.63. The summed E-state index contributed by atoms with van der Waals surface area (Å²) < 4.78 is 11.7. The lowest BCUT2D eigenvalue weighted by Crippen LogP contribution is -2.05. The third-order valence-electron chi connectivity index (χ3n) is 4.15. The van der Waals surface area contributed by atoms with Crippen molar-refractivity contribution in [2.75, 3.05) is 18.5 Å². The van der Waals surface area contributed by atoms with Gasteiger partial charge in [0.15, 0.2) is 0 Å². The van der Waals surface area contributed by atoms with Crippen molar-refractivity contribution < 1.29 is 9.47 Å². The van der Waals surface area contributed by atoms with E-state index in [0.29, 0.717) is 5.92 Å². The Labute approximate surface area is 158 Å². The van der Waals surface area contributed by atoms with Crippen molar-refractivity contribution in [1.82, 2.24) is 0 Å². The average Bonchev–Trinajstić information content (AvgIpc) is 2.66. The van der Waals surface area contributed by atoms with Crippen molar-refractivity contribution in [2.45, 2.75) is 53.0 Å². The van der Waals surface area contributed by atoms with E-state index < -0.39 is 0 Å². The van der Waals surface area contributed by atoms with Crippen LogP contribution in [0.5, 0.6) is 11.5 Å². The smallest absolute Gasteiger partial charge is 0.124 e. The zero-order valence-corrected chi connectivity index (χ0v) is 16.5. The van der Waals surface area contributed by atoms with Gasteiger partial charge in [0.1, 0.15) is 11.5 Å². The highest BCUT2D eigenvalue weighted by molar-refractivity contribution is 5.47. The molecule has 2 rings (SSSR count). The van der Waals surface area contributed by atoms with E-state index in [4.69, 9.17) is 9.47 Å². The van der Waals surface area contributed by atoms with Crippen LogP contribution < -0.4 is 14.8 Å². The van der Waals surface area contributed by atoms with Crippen molar-refractivity contribution in [1.29, 1.82) is 0 Å². The van der Waals surface area contributed by atoms with E-state index in [9.17, 15) is 0 Å². The van der Waals surface area contributed by atoms with E-state index in [1.54, 1.807) is 0 Å². The minimum absolute atomic E-state index is 0.534. The molecule has 0 aromatic heterocycles. The first-order valence-corrected chi connectivity index (χ1v) is 9.86. The van der Waals surface area contributed by atoms with Crippen LogP contribution in [0, 0.1) is 5.92 Å². The zero-order chi connectivity index (χ0) is 18.6. The first-order chi connectivity index (χ1) is 12.7. The lowest BCUT2D eigenvalue weighted by molar-refractivity contribution is 0.271.